The first-order valence-corrected chi connectivity index (χ1v) is 7.88. The molecule has 0 spiro atoms. The van der Waals surface area contributed by atoms with Crippen molar-refractivity contribution < 1.29 is 8.42 Å². The molecule has 0 saturated carbocycles. The number of likely N-dealkylation sites (N-methyl/N-ethyl adjacent to an activating group) is 1. The van der Waals surface area contributed by atoms with E-state index in [2.05, 4.69) is 9.73 Å². The highest BCUT2D eigenvalue weighted by molar-refractivity contribution is 7.88. The highest BCUT2D eigenvalue weighted by Gasteiger charge is 2.19. The summed E-state index contributed by atoms with van der Waals surface area (Å²) < 4.78 is 24.1. The second-order valence-corrected chi connectivity index (χ2v) is 6.58. The van der Waals surface area contributed by atoms with E-state index < -0.39 is 10.0 Å². The first kappa shape index (κ1) is 14.3. The summed E-state index contributed by atoms with van der Waals surface area (Å²) in [5, 5.41) is 1.76. The fourth-order valence-corrected chi connectivity index (χ4v) is 3.23. The van der Waals surface area contributed by atoms with Crippen molar-refractivity contribution in [2.45, 2.75) is 5.75 Å². The highest BCUT2D eigenvalue weighted by Crippen LogP contribution is 2.09. The van der Waals surface area contributed by atoms with Crippen LogP contribution in [0.25, 0.3) is 0 Å². The summed E-state index contributed by atoms with van der Waals surface area (Å²) in [5.74, 6) is -0.0282. The van der Waals surface area contributed by atoms with Gasteiger partial charge in [0.2, 0.25) is 10.0 Å². The van der Waals surface area contributed by atoms with Crippen LogP contribution in [0.5, 0.6) is 0 Å². The van der Waals surface area contributed by atoms with E-state index in [4.69, 9.17) is 5.73 Å². The van der Waals surface area contributed by atoms with Crippen LogP contribution in [0, 0.1) is 0 Å². The standard InChI is InChI=1S/C12H20N4O2S/c1-15-6-8-16(9-7-15)14-19(17,18)10-11-2-4-12(13)5-3-11/h2-5,14H,6-10,13H2,1H3. The van der Waals surface area contributed by atoms with Gasteiger partial charge in [0.15, 0.2) is 0 Å². The van der Waals surface area contributed by atoms with Crippen molar-refractivity contribution in [1.82, 2.24) is 14.7 Å². The number of hydrogen-bond donors (Lipinski definition) is 2. The molecular formula is C12H20N4O2S. The zero-order valence-corrected chi connectivity index (χ0v) is 11.9. The number of rotatable bonds is 4. The Hall–Kier alpha value is -1.15. The van der Waals surface area contributed by atoms with Gasteiger partial charge in [0, 0.05) is 31.9 Å². The second kappa shape index (κ2) is 5.87. The number of nitrogens with zero attached hydrogens (tertiary/aromatic N) is 2. The van der Waals surface area contributed by atoms with Crippen LogP contribution >= 0.6 is 0 Å². The lowest BCUT2D eigenvalue weighted by atomic mass is 10.2. The van der Waals surface area contributed by atoms with Crippen LogP contribution in [0.15, 0.2) is 24.3 Å². The van der Waals surface area contributed by atoms with E-state index in [1.165, 1.54) is 0 Å². The van der Waals surface area contributed by atoms with Crippen molar-refractivity contribution in [3.05, 3.63) is 29.8 Å². The van der Waals surface area contributed by atoms with Crippen molar-refractivity contribution in [1.29, 1.82) is 0 Å². The summed E-state index contributed by atoms with van der Waals surface area (Å²) in [4.78, 5) is 4.80. The van der Waals surface area contributed by atoms with E-state index in [0.29, 0.717) is 18.8 Å². The van der Waals surface area contributed by atoms with Crippen LogP contribution in [0.2, 0.25) is 0 Å². The Morgan fingerprint density at radius 1 is 1.16 bits per heavy atom. The number of piperazine rings is 1. The molecule has 1 saturated heterocycles. The van der Waals surface area contributed by atoms with E-state index in [9.17, 15) is 8.42 Å². The first-order valence-electron chi connectivity index (χ1n) is 6.23. The minimum absolute atomic E-state index is 0.0282. The third-order valence-corrected chi connectivity index (χ3v) is 4.36. The average molecular weight is 284 g/mol. The molecule has 0 aliphatic carbocycles. The molecule has 1 fully saturated rings. The van der Waals surface area contributed by atoms with E-state index in [0.717, 1.165) is 18.7 Å². The maximum atomic E-state index is 12.0. The highest BCUT2D eigenvalue weighted by atomic mass is 32.2. The SMILES string of the molecule is CN1CCN(NS(=O)(=O)Cc2ccc(N)cc2)CC1. The summed E-state index contributed by atoms with van der Waals surface area (Å²) in [7, 11) is -1.32. The third-order valence-electron chi connectivity index (χ3n) is 3.11. The molecular weight excluding hydrogens is 264 g/mol. The molecule has 1 heterocycles. The summed E-state index contributed by atoms with van der Waals surface area (Å²) in [5.41, 5.74) is 6.94. The molecule has 0 atom stereocenters. The number of hydrogen-bond acceptors (Lipinski definition) is 5. The summed E-state index contributed by atoms with van der Waals surface area (Å²) >= 11 is 0. The van der Waals surface area contributed by atoms with Gasteiger partial charge in [-0.2, -0.15) is 0 Å². The van der Waals surface area contributed by atoms with E-state index in [-0.39, 0.29) is 5.75 Å². The molecule has 1 aromatic carbocycles. The number of benzene rings is 1. The van der Waals surface area contributed by atoms with Crippen molar-refractivity contribution >= 4 is 15.7 Å². The van der Waals surface area contributed by atoms with Crippen LogP contribution in [-0.2, 0) is 15.8 Å². The van der Waals surface area contributed by atoms with E-state index in [1.807, 2.05) is 7.05 Å². The monoisotopic (exact) mass is 284 g/mol. The van der Waals surface area contributed by atoms with Gasteiger partial charge in [-0.15, -0.1) is 4.83 Å². The van der Waals surface area contributed by atoms with Crippen LogP contribution in [-0.4, -0.2) is 51.6 Å². The minimum Gasteiger partial charge on any atom is -0.399 e. The summed E-state index contributed by atoms with van der Waals surface area (Å²) in [6, 6.07) is 6.89. The normalized spacial score (nSPS) is 18.6. The molecule has 7 heteroatoms. The Bertz CT molecular complexity index is 507. The molecule has 0 aromatic heterocycles. The smallest absolute Gasteiger partial charge is 0.228 e. The quantitative estimate of drug-likeness (QED) is 0.752. The lowest BCUT2D eigenvalue weighted by molar-refractivity contribution is 0.134. The number of hydrazine groups is 1. The molecule has 106 valence electrons. The van der Waals surface area contributed by atoms with Gasteiger partial charge in [0.05, 0.1) is 5.75 Å². The minimum atomic E-state index is -3.35. The molecule has 0 radical (unpaired) electrons. The van der Waals surface area contributed by atoms with Crippen LogP contribution in [0.3, 0.4) is 0 Å². The summed E-state index contributed by atoms with van der Waals surface area (Å²) in [6.07, 6.45) is 0. The van der Waals surface area contributed by atoms with Gasteiger partial charge in [-0.3, -0.25) is 0 Å². The Balaban J connectivity index is 1.93. The maximum absolute atomic E-state index is 12.0. The van der Waals surface area contributed by atoms with Gasteiger partial charge in [0.25, 0.3) is 0 Å². The Morgan fingerprint density at radius 3 is 2.32 bits per heavy atom. The predicted molar refractivity (Wildman–Crippen MR) is 75.7 cm³/mol. The summed E-state index contributed by atoms with van der Waals surface area (Å²) in [6.45, 7) is 3.14. The number of nitrogens with one attached hydrogen (secondary N) is 1. The van der Waals surface area contributed by atoms with Crippen molar-refractivity contribution in [3.63, 3.8) is 0 Å². The Kier molecular flexibility index (Phi) is 4.41. The zero-order valence-electron chi connectivity index (χ0n) is 11.0. The molecule has 19 heavy (non-hydrogen) atoms. The van der Waals surface area contributed by atoms with Crippen LogP contribution < -0.4 is 10.6 Å². The fraction of sp³-hybridized carbons (Fsp3) is 0.500. The molecule has 0 amide bonds. The van der Waals surface area contributed by atoms with Crippen LogP contribution in [0.4, 0.5) is 5.69 Å². The lowest BCUT2D eigenvalue weighted by Gasteiger charge is -2.32. The van der Waals surface area contributed by atoms with Crippen molar-refractivity contribution in [2.75, 3.05) is 39.0 Å². The van der Waals surface area contributed by atoms with E-state index >= 15 is 0 Å². The van der Waals surface area contributed by atoms with Gasteiger partial charge < -0.3 is 10.6 Å². The predicted octanol–water partition coefficient (Wildman–Crippen LogP) is -0.149. The third kappa shape index (κ3) is 4.46. The fourth-order valence-electron chi connectivity index (χ4n) is 1.96. The number of nitrogen functional groups attached to an aromatic ring is 1. The largest absolute Gasteiger partial charge is 0.399 e. The molecule has 2 rings (SSSR count). The van der Waals surface area contributed by atoms with Gasteiger partial charge in [-0.05, 0) is 24.7 Å². The maximum Gasteiger partial charge on any atom is 0.228 e. The molecule has 1 aromatic rings. The molecule has 6 nitrogen and oxygen atoms in total. The molecule has 1 aliphatic rings. The average Bonchev–Trinajstić information content (AvgIpc) is 2.34. The molecule has 0 unspecified atom stereocenters. The molecule has 0 bridgehead atoms. The van der Waals surface area contributed by atoms with Gasteiger partial charge >= 0.3 is 0 Å². The zero-order chi connectivity index (χ0) is 13.9. The number of nitrogens with two attached hydrogens (primary N) is 1. The van der Waals surface area contributed by atoms with Crippen LogP contribution in [0.1, 0.15) is 5.56 Å². The van der Waals surface area contributed by atoms with Gasteiger partial charge in [-0.25, -0.2) is 13.4 Å². The Morgan fingerprint density at radius 2 is 1.74 bits per heavy atom. The molecule has 3 N–H and O–H groups in total. The van der Waals surface area contributed by atoms with Gasteiger partial charge in [0.1, 0.15) is 0 Å². The molecule has 1 aliphatic heterocycles. The number of anilines is 1. The number of sulfonamides is 1. The second-order valence-electron chi connectivity index (χ2n) is 4.88. The van der Waals surface area contributed by atoms with Gasteiger partial charge in [-0.1, -0.05) is 12.1 Å². The van der Waals surface area contributed by atoms with Crippen molar-refractivity contribution in [3.8, 4) is 0 Å². The van der Waals surface area contributed by atoms with Crippen molar-refractivity contribution in [2.24, 2.45) is 0 Å². The lowest BCUT2D eigenvalue weighted by Crippen LogP contribution is -2.52. The van der Waals surface area contributed by atoms with E-state index in [1.54, 1.807) is 29.3 Å². The topological polar surface area (TPSA) is 78.7 Å². The first-order chi connectivity index (χ1) is 8.94. The Labute approximate surface area is 114 Å².